The number of aryl methyl sites for hydroxylation is 1. The van der Waals surface area contributed by atoms with E-state index in [0.29, 0.717) is 12.5 Å². The summed E-state index contributed by atoms with van der Waals surface area (Å²) in [5.74, 6) is 2.11. The summed E-state index contributed by atoms with van der Waals surface area (Å²) >= 11 is 0. The molecule has 1 aliphatic carbocycles. The fraction of sp³-hybridized carbons (Fsp3) is 0.722. The Bertz CT molecular complexity index is 606. The van der Waals surface area contributed by atoms with Crippen molar-refractivity contribution in [2.75, 3.05) is 20.1 Å². The Kier molecular flexibility index (Phi) is 5.94. The van der Waals surface area contributed by atoms with Gasteiger partial charge in [-0.25, -0.2) is 0 Å². The molecule has 3 rings (SSSR count). The van der Waals surface area contributed by atoms with E-state index in [4.69, 9.17) is 4.52 Å². The predicted octanol–water partition coefficient (Wildman–Crippen LogP) is 1.83. The first-order chi connectivity index (χ1) is 12.2. The molecule has 0 bridgehead atoms. The zero-order chi connectivity index (χ0) is 17.6. The van der Waals surface area contributed by atoms with Crippen molar-refractivity contribution >= 4 is 11.9 Å². The quantitative estimate of drug-likeness (QED) is 0.641. The van der Waals surface area contributed by atoms with Crippen LogP contribution < -0.4 is 10.6 Å². The number of nitrogens with one attached hydrogen (secondary N) is 2. The van der Waals surface area contributed by atoms with E-state index < -0.39 is 0 Å². The maximum Gasteiger partial charge on any atom is 0.225 e. The highest BCUT2D eigenvalue weighted by Crippen LogP contribution is 2.26. The summed E-state index contributed by atoms with van der Waals surface area (Å²) in [6.07, 6.45) is 6.76. The molecule has 1 atom stereocenters. The lowest BCUT2D eigenvalue weighted by Gasteiger charge is -2.26. The van der Waals surface area contributed by atoms with Gasteiger partial charge in [-0.2, -0.15) is 0 Å². The largest absolute Gasteiger partial charge is 0.359 e. The summed E-state index contributed by atoms with van der Waals surface area (Å²) in [6, 6.07) is 2.15. The number of hydrogen-bond donors (Lipinski definition) is 2. The van der Waals surface area contributed by atoms with Crippen LogP contribution in [0.3, 0.4) is 0 Å². The first-order valence-corrected chi connectivity index (χ1v) is 9.34. The van der Waals surface area contributed by atoms with Gasteiger partial charge in [0.2, 0.25) is 5.91 Å². The van der Waals surface area contributed by atoms with Crippen LogP contribution in [0.25, 0.3) is 0 Å². The number of hydrogen-bond acceptors (Lipinski definition) is 4. The molecule has 25 heavy (non-hydrogen) atoms. The predicted molar refractivity (Wildman–Crippen MR) is 96.1 cm³/mol. The number of aliphatic imine (C=N–C) groups is 1. The zero-order valence-electron chi connectivity index (χ0n) is 15.3. The number of rotatable bonds is 4. The SMILES string of the molecule is CN=C(NCc1cc(C)no1)NC1CCN(C(=O)C2CCCCC2)C1. The van der Waals surface area contributed by atoms with E-state index in [9.17, 15) is 4.79 Å². The minimum Gasteiger partial charge on any atom is -0.359 e. The van der Waals surface area contributed by atoms with E-state index in [2.05, 4.69) is 20.8 Å². The van der Waals surface area contributed by atoms with Gasteiger partial charge in [0.05, 0.1) is 12.2 Å². The summed E-state index contributed by atoms with van der Waals surface area (Å²) in [4.78, 5) is 18.9. The van der Waals surface area contributed by atoms with Gasteiger partial charge in [0, 0.05) is 38.2 Å². The molecule has 0 aromatic carbocycles. The van der Waals surface area contributed by atoms with Crippen LogP contribution in [0.15, 0.2) is 15.6 Å². The smallest absolute Gasteiger partial charge is 0.225 e. The van der Waals surface area contributed by atoms with E-state index in [1.807, 2.05) is 17.9 Å². The van der Waals surface area contributed by atoms with Gasteiger partial charge in [-0.05, 0) is 26.2 Å². The molecule has 0 radical (unpaired) electrons. The Morgan fingerprint density at radius 3 is 2.84 bits per heavy atom. The van der Waals surface area contributed by atoms with Crippen molar-refractivity contribution < 1.29 is 9.32 Å². The molecule has 2 aliphatic rings. The Morgan fingerprint density at radius 1 is 1.36 bits per heavy atom. The molecule has 1 amide bonds. The highest BCUT2D eigenvalue weighted by Gasteiger charge is 2.31. The van der Waals surface area contributed by atoms with Crippen molar-refractivity contribution in [2.24, 2.45) is 10.9 Å². The van der Waals surface area contributed by atoms with Crippen molar-refractivity contribution in [1.29, 1.82) is 0 Å². The molecule has 138 valence electrons. The third-order valence-electron chi connectivity index (χ3n) is 5.13. The van der Waals surface area contributed by atoms with Crippen molar-refractivity contribution in [1.82, 2.24) is 20.7 Å². The van der Waals surface area contributed by atoms with Crippen LogP contribution in [-0.4, -0.2) is 48.1 Å². The Labute approximate surface area is 149 Å². The summed E-state index contributed by atoms with van der Waals surface area (Å²) < 4.78 is 5.20. The van der Waals surface area contributed by atoms with Gasteiger partial charge < -0.3 is 20.1 Å². The molecule has 1 saturated carbocycles. The second-order valence-corrected chi connectivity index (χ2v) is 7.11. The topological polar surface area (TPSA) is 82.8 Å². The molecular formula is C18H29N5O2. The van der Waals surface area contributed by atoms with Gasteiger partial charge in [-0.1, -0.05) is 24.4 Å². The second-order valence-electron chi connectivity index (χ2n) is 7.11. The summed E-state index contributed by atoms with van der Waals surface area (Å²) in [6.45, 7) is 4.04. The maximum absolute atomic E-state index is 12.6. The number of amides is 1. The zero-order valence-corrected chi connectivity index (χ0v) is 15.3. The van der Waals surface area contributed by atoms with Crippen LogP contribution in [0.1, 0.15) is 50.0 Å². The maximum atomic E-state index is 12.6. The number of guanidine groups is 1. The molecule has 7 heteroatoms. The molecule has 2 heterocycles. The standard InChI is InChI=1S/C18H29N5O2/c1-13-10-16(25-22-13)11-20-18(19-2)21-15-8-9-23(12-15)17(24)14-6-4-3-5-7-14/h10,14-15H,3-9,11-12H2,1-2H3,(H2,19,20,21). The fourth-order valence-electron chi connectivity index (χ4n) is 3.74. The average molecular weight is 347 g/mol. The van der Waals surface area contributed by atoms with Gasteiger partial charge in [-0.15, -0.1) is 0 Å². The van der Waals surface area contributed by atoms with E-state index in [1.165, 1.54) is 19.3 Å². The molecule has 1 aromatic heterocycles. The lowest BCUT2D eigenvalue weighted by molar-refractivity contribution is -0.135. The van der Waals surface area contributed by atoms with Crippen molar-refractivity contribution in [3.05, 3.63) is 17.5 Å². The normalized spacial score (nSPS) is 22.2. The molecule has 0 spiro atoms. The number of aromatic nitrogens is 1. The molecule has 1 aromatic rings. The molecule has 2 fully saturated rings. The first-order valence-electron chi connectivity index (χ1n) is 9.34. The molecule has 1 aliphatic heterocycles. The Hall–Kier alpha value is -2.05. The van der Waals surface area contributed by atoms with Gasteiger partial charge in [-0.3, -0.25) is 9.79 Å². The van der Waals surface area contributed by atoms with Crippen LogP contribution >= 0.6 is 0 Å². The van der Waals surface area contributed by atoms with Crippen molar-refractivity contribution in [2.45, 2.75) is 58.0 Å². The van der Waals surface area contributed by atoms with Crippen LogP contribution in [0.2, 0.25) is 0 Å². The minimum atomic E-state index is 0.246. The van der Waals surface area contributed by atoms with Crippen LogP contribution in [0.4, 0.5) is 0 Å². The van der Waals surface area contributed by atoms with Crippen LogP contribution in [0.5, 0.6) is 0 Å². The van der Waals surface area contributed by atoms with Crippen LogP contribution in [0, 0.1) is 12.8 Å². The minimum absolute atomic E-state index is 0.246. The molecule has 1 saturated heterocycles. The van der Waals surface area contributed by atoms with Crippen LogP contribution in [-0.2, 0) is 11.3 Å². The lowest BCUT2D eigenvalue weighted by atomic mass is 9.88. The molecule has 7 nitrogen and oxygen atoms in total. The number of likely N-dealkylation sites (tertiary alicyclic amines) is 1. The van der Waals surface area contributed by atoms with Crippen molar-refractivity contribution in [3.8, 4) is 0 Å². The van der Waals surface area contributed by atoms with E-state index in [-0.39, 0.29) is 12.0 Å². The summed E-state index contributed by atoms with van der Waals surface area (Å²) in [5, 5.41) is 10.5. The van der Waals surface area contributed by atoms with Gasteiger partial charge in [0.1, 0.15) is 0 Å². The van der Waals surface area contributed by atoms with E-state index >= 15 is 0 Å². The fourth-order valence-corrected chi connectivity index (χ4v) is 3.74. The number of carbonyl (C=O) groups is 1. The van der Waals surface area contributed by atoms with Gasteiger partial charge >= 0.3 is 0 Å². The van der Waals surface area contributed by atoms with E-state index in [1.54, 1.807) is 7.05 Å². The third kappa shape index (κ3) is 4.74. The van der Waals surface area contributed by atoms with E-state index in [0.717, 1.165) is 49.8 Å². The third-order valence-corrected chi connectivity index (χ3v) is 5.13. The van der Waals surface area contributed by atoms with Crippen molar-refractivity contribution in [3.63, 3.8) is 0 Å². The molecule has 1 unspecified atom stereocenters. The lowest BCUT2D eigenvalue weighted by Crippen LogP contribution is -2.45. The van der Waals surface area contributed by atoms with Gasteiger partial charge in [0.15, 0.2) is 11.7 Å². The second kappa shape index (κ2) is 8.36. The summed E-state index contributed by atoms with van der Waals surface area (Å²) in [7, 11) is 1.75. The monoisotopic (exact) mass is 347 g/mol. The highest BCUT2D eigenvalue weighted by atomic mass is 16.5. The Morgan fingerprint density at radius 2 is 2.16 bits per heavy atom. The molecular weight excluding hydrogens is 318 g/mol. The number of carbonyl (C=O) groups excluding carboxylic acids is 1. The highest BCUT2D eigenvalue weighted by molar-refractivity contribution is 5.81. The first kappa shape index (κ1) is 17.8. The summed E-state index contributed by atoms with van der Waals surface area (Å²) in [5.41, 5.74) is 0.868. The number of nitrogens with zero attached hydrogens (tertiary/aromatic N) is 3. The van der Waals surface area contributed by atoms with Gasteiger partial charge in [0.25, 0.3) is 0 Å². The average Bonchev–Trinajstić information content (AvgIpc) is 3.27. The Balaban J connectivity index is 1.45. The molecule has 2 N–H and O–H groups in total.